The van der Waals surface area contributed by atoms with Crippen molar-refractivity contribution in [2.24, 2.45) is 5.92 Å². The number of carbonyl (C=O) groups excluding carboxylic acids is 1. The summed E-state index contributed by atoms with van der Waals surface area (Å²) >= 11 is 1.68. The molecule has 0 amide bonds. The third-order valence-corrected chi connectivity index (χ3v) is 11.3. The summed E-state index contributed by atoms with van der Waals surface area (Å²) in [6, 6.07) is 18.6. The van der Waals surface area contributed by atoms with Gasteiger partial charge in [0.25, 0.3) is 0 Å². The fourth-order valence-electron chi connectivity index (χ4n) is 7.45. The number of phenolic OH excluding ortho intramolecular Hbond substituents is 1. The first kappa shape index (κ1) is 36.1. The van der Waals surface area contributed by atoms with Gasteiger partial charge in [-0.05, 0) is 98.1 Å². The van der Waals surface area contributed by atoms with Crippen LogP contribution in [-0.4, -0.2) is 71.5 Å². The van der Waals surface area contributed by atoms with E-state index in [9.17, 15) is 19.8 Å². The van der Waals surface area contributed by atoms with E-state index in [0.717, 1.165) is 76.0 Å². The maximum Gasteiger partial charge on any atom is 0.307 e. The van der Waals surface area contributed by atoms with Crippen LogP contribution in [0.3, 0.4) is 0 Å². The van der Waals surface area contributed by atoms with Gasteiger partial charge < -0.3 is 30.0 Å². The number of hydrogen-bond donors (Lipinski definition) is 4. The van der Waals surface area contributed by atoms with Crippen molar-refractivity contribution in [3.63, 3.8) is 0 Å². The van der Waals surface area contributed by atoms with Gasteiger partial charge in [0.05, 0.1) is 24.6 Å². The highest BCUT2D eigenvalue weighted by Crippen LogP contribution is 2.35. The molecule has 0 spiro atoms. The molecule has 5 heterocycles. The topological polar surface area (TPSA) is 124 Å². The Bertz CT molecular complexity index is 1720. The highest BCUT2D eigenvalue weighted by molar-refractivity contribution is 7.10. The third kappa shape index (κ3) is 9.75. The number of pyridine rings is 1. The number of H-pyrrole nitrogens is 1. The normalized spacial score (nSPS) is 19.7. The van der Waals surface area contributed by atoms with E-state index < -0.39 is 6.10 Å². The standard InChI is InChI=1S/C40H51N3O6S/c44-34-15-13-31(32-14-16-38(46)42-40(32)34)35(45)26-41-19-6-4-2-1-3-5-7-22-48-30-11-8-10-29(24-30)33(37-12-9-23-50-37)25-39(47)49-36-27-43-20-17-28(36)18-21-43/h8-16,23-24,28,33,35-36,41,44-45H,1-7,17-22,25-27H2,(H,42,46)/t33?,35-,36-/m0/s1. The average molecular weight is 702 g/mol. The average Bonchev–Trinajstić information content (AvgIpc) is 3.67. The number of benzene rings is 2. The van der Waals surface area contributed by atoms with Crippen molar-refractivity contribution in [1.82, 2.24) is 15.2 Å². The van der Waals surface area contributed by atoms with Crippen LogP contribution in [0.15, 0.2) is 70.8 Å². The van der Waals surface area contributed by atoms with Gasteiger partial charge in [0.15, 0.2) is 0 Å². The molecule has 7 rings (SSSR count). The molecular formula is C40H51N3O6S. The van der Waals surface area contributed by atoms with E-state index >= 15 is 0 Å². The van der Waals surface area contributed by atoms with Gasteiger partial charge in [0.1, 0.15) is 17.6 Å². The van der Waals surface area contributed by atoms with E-state index in [1.54, 1.807) is 23.5 Å². The molecule has 4 aromatic rings. The summed E-state index contributed by atoms with van der Waals surface area (Å²) in [7, 11) is 0. The SMILES string of the molecule is O=C(CC(c1cccc(OCCCCCCCCCNC[C@H](O)c2ccc(O)c3[nH]c(=O)ccc23)c1)c1cccs1)O[C@H]1CN2CCC1CC2. The van der Waals surface area contributed by atoms with Crippen molar-refractivity contribution >= 4 is 28.2 Å². The minimum atomic E-state index is -0.737. The lowest BCUT2D eigenvalue weighted by Crippen LogP contribution is -2.52. The quantitative estimate of drug-likeness (QED) is 0.0616. The van der Waals surface area contributed by atoms with Crippen molar-refractivity contribution in [1.29, 1.82) is 0 Å². The molecule has 4 N–H and O–H groups in total. The molecule has 268 valence electrons. The molecule has 3 aliphatic rings. The second-order valence-electron chi connectivity index (χ2n) is 13.8. The summed E-state index contributed by atoms with van der Waals surface area (Å²) in [5, 5.41) is 26.8. The summed E-state index contributed by atoms with van der Waals surface area (Å²) in [4.78, 5) is 31.0. The number of phenols is 1. The zero-order valence-corrected chi connectivity index (χ0v) is 29.7. The Kier molecular flexibility index (Phi) is 13.0. The number of carbonyl (C=O) groups is 1. The predicted molar refractivity (Wildman–Crippen MR) is 198 cm³/mol. The van der Waals surface area contributed by atoms with Crippen LogP contribution < -0.4 is 15.6 Å². The van der Waals surface area contributed by atoms with Crippen molar-refractivity contribution in [3.8, 4) is 11.5 Å². The van der Waals surface area contributed by atoms with Crippen LogP contribution in [-0.2, 0) is 9.53 Å². The van der Waals surface area contributed by atoms with Crippen LogP contribution in [0.1, 0.15) is 92.2 Å². The number of thiophene rings is 1. The van der Waals surface area contributed by atoms with Crippen LogP contribution in [0.5, 0.6) is 11.5 Å². The van der Waals surface area contributed by atoms with Gasteiger partial charge >= 0.3 is 5.97 Å². The summed E-state index contributed by atoms with van der Waals surface area (Å²) in [5.41, 5.74) is 1.83. The minimum absolute atomic E-state index is 0.00598. The van der Waals surface area contributed by atoms with Crippen molar-refractivity contribution in [2.75, 3.05) is 39.3 Å². The lowest BCUT2D eigenvalue weighted by Gasteiger charge is -2.44. The van der Waals surface area contributed by atoms with Crippen LogP contribution >= 0.6 is 11.3 Å². The Morgan fingerprint density at radius 2 is 1.78 bits per heavy atom. The largest absolute Gasteiger partial charge is 0.506 e. The van der Waals surface area contributed by atoms with Gasteiger partial charge in [-0.25, -0.2) is 0 Å². The molecule has 2 aromatic heterocycles. The molecule has 3 atom stereocenters. The van der Waals surface area contributed by atoms with Gasteiger partial charge in [-0.3, -0.25) is 14.5 Å². The molecule has 2 aromatic carbocycles. The second kappa shape index (κ2) is 18.0. The number of nitrogens with zero attached hydrogens (tertiary/aromatic N) is 1. The second-order valence-corrected chi connectivity index (χ2v) is 14.8. The smallest absolute Gasteiger partial charge is 0.307 e. The van der Waals surface area contributed by atoms with Crippen molar-refractivity contribution in [3.05, 3.63) is 92.4 Å². The minimum Gasteiger partial charge on any atom is -0.506 e. The van der Waals surface area contributed by atoms with E-state index in [1.807, 2.05) is 18.2 Å². The zero-order chi connectivity index (χ0) is 34.7. The molecule has 9 nitrogen and oxygen atoms in total. The van der Waals surface area contributed by atoms with E-state index in [4.69, 9.17) is 9.47 Å². The molecule has 2 bridgehead atoms. The van der Waals surface area contributed by atoms with Gasteiger partial charge in [0, 0.05) is 35.3 Å². The summed E-state index contributed by atoms with van der Waals surface area (Å²) in [6.07, 6.45) is 9.74. The molecule has 0 radical (unpaired) electrons. The van der Waals surface area contributed by atoms with Crippen LogP contribution in [0.4, 0.5) is 0 Å². The number of aromatic hydroxyl groups is 1. The predicted octanol–water partition coefficient (Wildman–Crippen LogP) is 6.89. The summed E-state index contributed by atoms with van der Waals surface area (Å²) < 4.78 is 12.2. The van der Waals surface area contributed by atoms with Gasteiger partial charge in [0.2, 0.25) is 5.56 Å². The molecular weight excluding hydrogens is 651 g/mol. The van der Waals surface area contributed by atoms with Crippen molar-refractivity contribution in [2.45, 2.75) is 82.3 Å². The number of fused-ring (bicyclic) bond motifs is 4. The lowest BCUT2D eigenvalue weighted by molar-refractivity contribution is -0.159. The van der Waals surface area contributed by atoms with E-state index in [-0.39, 0.29) is 29.3 Å². The number of aromatic nitrogens is 1. The number of esters is 1. The number of piperidine rings is 3. The van der Waals surface area contributed by atoms with Crippen LogP contribution in [0, 0.1) is 5.92 Å². The fraction of sp³-hybridized carbons (Fsp3) is 0.500. The fourth-order valence-corrected chi connectivity index (χ4v) is 8.30. The number of nitrogens with one attached hydrogen (secondary N) is 2. The molecule has 3 fully saturated rings. The van der Waals surface area contributed by atoms with E-state index in [1.165, 1.54) is 36.3 Å². The van der Waals surface area contributed by atoms with Gasteiger partial charge in [-0.2, -0.15) is 0 Å². The Labute approximate surface area is 298 Å². The highest BCUT2D eigenvalue weighted by atomic mass is 32.1. The zero-order valence-electron chi connectivity index (χ0n) is 28.9. The monoisotopic (exact) mass is 701 g/mol. The molecule has 1 unspecified atom stereocenters. The molecule has 10 heteroatoms. The number of aliphatic hydroxyl groups excluding tert-OH is 1. The number of rotatable bonds is 19. The van der Waals surface area contributed by atoms with Crippen LogP contribution in [0.25, 0.3) is 10.9 Å². The van der Waals surface area contributed by atoms with Crippen molar-refractivity contribution < 1.29 is 24.5 Å². The first-order chi connectivity index (χ1) is 24.4. The number of hydrogen-bond acceptors (Lipinski definition) is 9. The first-order valence-corrected chi connectivity index (χ1v) is 19.2. The first-order valence-electron chi connectivity index (χ1n) is 18.4. The van der Waals surface area contributed by atoms with Gasteiger partial charge in [-0.15, -0.1) is 11.3 Å². The Morgan fingerprint density at radius 3 is 2.54 bits per heavy atom. The number of aliphatic hydroxyl groups is 1. The number of ether oxygens (including phenoxy) is 2. The molecule has 0 aliphatic carbocycles. The molecule has 3 aliphatic heterocycles. The molecule has 3 saturated heterocycles. The van der Waals surface area contributed by atoms with Crippen LogP contribution in [0.2, 0.25) is 0 Å². The maximum absolute atomic E-state index is 13.2. The highest BCUT2D eigenvalue weighted by Gasteiger charge is 2.37. The third-order valence-electron chi connectivity index (χ3n) is 10.3. The van der Waals surface area contributed by atoms with Gasteiger partial charge in [-0.1, -0.05) is 56.4 Å². The number of aromatic amines is 1. The summed E-state index contributed by atoms with van der Waals surface area (Å²) in [6.45, 7) is 5.04. The Balaban J connectivity index is 0.847. The van der Waals surface area contributed by atoms with E-state index in [2.05, 4.69) is 38.8 Å². The summed E-state index contributed by atoms with van der Waals surface area (Å²) in [5.74, 6) is 1.20. The van der Waals surface area contributed by atoms with E-state index in [0.29, 0.717) is 42.0 Å². The Morgan fingerprint density at radius 1 is 0.980 bits per heavy atom. The molecule has 50 heavy (non-hydrogen) atoms. The molecule has 0 saturated carbocycles. The Hall–Kier alpha value is -3.70. The number of unbranched alkanes of at least 4 members (excludes halogenated alkanes) is 6. The maximum atomic E-state index is 13.2. The lowest BCUT2D eigenvalue weighted by atomic mass is 9.86.